The number of aromatic nitrogens is 3. The highest BCUT2D eigenvalue weighted by atomic mass is 127. The van der Waals surface area contributed by atoms with Gasteiger partial charge in [-0.1, -0.05) is 0 Å². The van der Waals surface area contributed by atoms with Crippen molar-refractivity contribution in [2.45, 2.75) is 6.54 Å². The minimum atomic E-state index is 0. The Morgan fingerprint density at radius 3 is 2.71 bits per heavy atom. The van der Waals surface area contributed by atoms with Crippen LogP contribution in [0.3, 0.4) is 0 Å². The number of rotatable bonds is 4. The summed E-state index contributed by atoms with van der Waals surface area (Å²) in [6.45, 7) is 4.66. The molecule has 3 aromatic rings. The van der Waals surface area contributed by atoms with E-state index in [1.54, 1.807) is 22.2 Å². The van der Waals surface area contributed by atoms with Gasteiger partial charge in [-0.15, -0.1) is 35.3 Å². The SMILES string of the molecule is CN=C(NCc1ccnc(-n2cccn2)c1)N1CCN(c2cccs2)CC1.I. The Labute approximate surface area is 186 Å². The first-order valence-electron chi connectivity index (χ1n) is 9.02. The molecule has 1 saturated heterocycles. The van der Waals surface area contributed by atoms with Crippen molar-refractivity contribution in [2.24, 2.45) is 4.99 Å². The average Bonchev–Trinajstić information content (AvgIpc) is 3.43. The van der Waals surface area contributed by atoms with Gasteiger partial charge in [0.15, 0.2) is 11.8 Å². The summed E-state index contributed by atoms with van der Waals surface area (Å²) in [6.07, 6.45) is 5.46. The van der Waals surface area contributed by atoms with Gasteiger partial charge in [0.25, 0.3) is 0 Å². The lowest BCUT2D eigenvalue weighted by molar-refractivity contribution is 0.373. The van der Waals surface area contributed by atoms with Crippen LogP contribution in [0.15, 0.2) is 59.3 Å². The highest BCUT2D eigenvalue weighted by Crippen LogP contribution is 2.22. The molecule has 7 nitrogen and oxygen atoms in total. The van der Waals surface area contributed by atoms with Gasteiger partial charge in [0.2, 0.25) is 0 Å². The highest BCUT2D eigenvalue weighted by Gasteiger charge is 2.20. The van der Waals surface area contributed by atoms with Crippen LogP contribution in [-0.4, -0.2) is 58.9 Å². The van der Waals surface area contributed by atoms with Gasteiger partial charge in [0, 0.05) is 58.4 Å². The Morgan fingerprint density at radius 2 is 2.04 bits per heavy atom. The zero-order valence-electron chi connectivity index (χ0n) is 15.7. The molecule has 0 bridgehead atoms. The molecular weight excluding hydrogens is 485 g/mol. The number of thiophene rings is 1. The molecule has 0 unspecified atom stereocenters. The second-order valence-electron chi connectivity index (χ2n) is 6.30. The number of pyridine rings is 1. The number of nitrogens with zero attached hydrogens (tertiary/aromatic N) is 6. The van der Waals surface area contributed by atoms with Crippen molar-refractivity contribution < 1.29 is 0 Å². The average molecular weight is 509 g/mol. The molecule has 0 saturated carbocycles. The van der Waals surface area contributed by atoms with Crippen LogP contribution in [0.4, 0.5) is 5.00 Å². The van der Waals surface area contributed by atoms with E-state index in [-0.39, 0.29) is 24.0 Å². The molecule has 1 fully saturated rings. The minimum absolute atomic E-state index is 0. The smallest absolute Gasteiger partial charge is 0.194 e. The Bertz CT molecular complexity index is 872. The summed E-state index contributed by atoms with van der Waals surface area (Å²) < 4.78 is 1.77. The summed E-state index contributed by atoms with van der Waals surface area (Å²) in [5, 5.41) is 11.2. The Hall–Kier alpha value is -2.14. The molecule has 0 atom stereocenters. The van der Waals surface area contributed by atoms with Crippen molar-refractivity contribution in [3.63, 3.8) is 0 Å². The molecule has 0 aromatic carbocycles. The second kappa shape index (κ2) is 9.87. The van der Waals surface area contributed by atoms with E-state index in [9.17, 15) is 0 Å². The summed E-state index contributed by atoms with van der Waals surface area (Å²) in [4.78, 5) is 13.6. The van der Waals surface area contributed by atoms with Gasteiger partial charge >= 0.3 is 0 Å². The van der Waals surface area contributed by atoms with Gasteiger partial charge in [-0.25, -0.2) is 9.67 Å². The number of hydrogen-bond acceptors (Lipinski definition) is 5. The normalized spacial score (nSPS) is 14.7. The van der Waals surface area contributed by atoms with Crippen LogP contribution in [0.5, 0.6) is 0 Å². The fraction of sp³-hybridized carbons (Fsp3) is 0.316. The van der Waals surface area contributed by atoms with Crippen LogP contribution in [0, 0.1) is 0 Å². The van der Waals surface area contributed by atoms with Crippen molar-refractivity contribution in [2.75, 3.05) is 38.1 Å². The lowest BCUT2D eigenvalue weighted by atomic mass is 10.2. The van der Waals surface area contributed by atoms with E-state index in [2.05, 4.69) is 47.7 Å². The number of aliphatic imine (C=N–C) groups is 1. The van der Waals surface area contributed by atoms with E-state index >= 15 is 0 Å². The van der Waals surface area contributed by atoms with Gasteiger partial charge in [-0.05, 0) is 41.3 Å². The van der Waals surface area contributed by atoms with E-state index in [0.717, 1.165) is 43.5 Å². The summed E-state index contributed by atoms with van der Waals surface area (Å²) in [7, 11) is 1.84. The zero-order chi connectivity index (χ0) is 18.5. The van der Waals surface area contributed by atoms with Crippen LogP contribution < -0.4 is 10.2 Å². The van der Waals surface area contributed by atoms with E-state index in [1.807, 2.05) is 37.6 Å². The van der Waals surface area contributed by atoms with Gasteiger partial charge in [0.1, 0.15) is 0 Å². The van der Waals surface area contributed by atoms with Crippen molar-refractivity contribution in [3.05, 3.63) is 59.9 Å². The molecule has 1 aliphatic rings. The first-order chi connectivity index (χ1) is 13.3. The molecule has 9 heteroatoms. The maximum absolute atomic E-state index is 4.47. The van der Waals surface area contributed by atoms with Crippen LogP contribution in [0.25, 0.3) is 5.82 Å². The quantitative estimate of drug-likeness (QED) is 0.333. The predicted octanol–water partition coefficient (Wildman–Crippen LogP) is 2.84. The van der Waals surface area contributed by atoms with Gasteiger partial charge in [-0.2, -0.15) is 5.10 Å². The Kier molecular flexibility index (Phi) is 7.26. The first-order valence-corrected chi connectivity index (χ1v) is 9.90. The number of hydrogen-bond donors (Lipinski definition) is 1. The van der Waals surface area contributed by atoms with Crippen LogP contribution in [0.2, 0.25) is 0 Å². The molecule has 4 heterocycles. The van der Waals surface area contributed by atoms with Crippen LogP contribution in [0.1, 0.15) is 5.56 Å². The molecule has 0 radical (unpaired) electrons. The first kappa shape index (κ1) is 20.6. The summed E-state index contributed by atoms with van der Waals surface area (Å²) in [6, 6.07) is 10.3. The maximum atomic E-state index is 4.47. The molecular formula is C19H24IN7S. The van der Waals surface area contributed by atoms with Gasteiger partial charge in [0.05, 0.1) is 5.00 Å². The Balaban J connectivity index is 0.00000225. The summed E-state index contributed by atoms with van der Waals surface area (Å²) in [5.41, 5.74) is 1.15. The lowest BCUT2D eigenvalue weighted by Crippen LogP contribution is -2.52. The van der Waals surface area contributed by atoms with E-state index in [0.29, 0.717) is 6.54 Å². The topological polar surface area (TPSA) is 61.6 Å². The number of halogens is 1. The van der Waals surface area contributed by atoms with Gasteiger partial charge in [-0.3, -0.25) is 4.99 Å². The van der Waals surface area contributed by atoms with E-state index < -0.39 is 0 Å². The number of anilines is 1. The fourth-order valence-corrected chi connectivity index (χ4v) is 3.99. The van der Waals surface area contributed by atoms with Crippen LogP contribution in [-0.2, 0) is 6.54 Å². The molecule has 4 rings (SSSR count). The van der Waals surface area contributed by atoms with Gasteiger partial charge < -0.3 is 15.1 Å². The zero-order valence-corrected chi connectivity index (χ0v) is 18.9. The van der Waals surface area contributed by atoms with E-state index in [1.165, 1.54) is 5.00 Å². The van der Waals surface area contributed by atoms with Crippen molar-refractivity contribution in [1.29, 1.82) is 0 Å². The molecule has 3 aromatic heterocycles. The third-order valence-corrected chi connectivity index (χ3v) is 5.54. The molecule has 0 amide bonds. The Morgan fingerprint density at radius 1 is 1.18 bits per heavy atom. The van der Waals surface area contributed by atoms with Crippen LogP contribution >= 0.6 is 35.3 Å². The molecule has 148 valence electrons. The number of piperazine rings is 1. The second-order valence-corrected chi connectivity index (χ2v) is 7.23. The molecule has 0 spiro atoms. The summed E-state index contributed by atoms with van der Waals surface area (Å²) >= 11 is 1.80. The third-order valence-electron chi connectivity index (χ3n) is 4.61. The van der Waals surface area contributed by atoms with E-state index in [4.69, 9.17) is 0 Å². The molecule has 28 heavy (non-hydrogen) atoms. The van der Waals surface area contributed by atoms with Crippen molar-refractivity contribution in [1.82, 2.24) is 25.0 Å². The minimum Gasteiger partial charge on any atom is -0.360 e. The van der Waals surface area contributed by atoms with Crippen molar-refractivity contribution >= 4 is 46.3 Å². The molecule has 1 N–H and O–H groups in total. The van der Waals surface area contributed by atoms with Crippen molar-refractivity contribution in [3.8, 4) is 5.82 Å². The summed E-state index contributed by atoms with van der Waals surface area (Å²) in [5.74, 6) is 1.76. The lowest BCUT2D eigenvalue weighted by Gasteiger charge is -2.37. The predicted molar refractivity (Wildman–Crippen MR) is 125 cm³/mol. The molecule has 0 aliphatic carbocycles. The fourth-order valence-electron chi connectivity index (χ4n) is 3.20. The highest BCUT2D eigenvalue weighted by molar-refractivity contribution is 14.0. The largest absolute Gasteiger partial charge is 0.360 e. The standard InChI is InChI=1S/C19H23N7S.HI/c1-20-19(25-11-9-24(10-12-25)18-4-2-13-27-18)22-15-16-5-7-21-17(14-16)26-8-3-6-23-26;/h2-8,13-14H,9-12,15H2,1H3,(H,20,22);1H. The number of guanidine groups is 1. The number of nitrogens with one attached hydrogen (secondary N) is 1. The maximum Gasteiger partial charge on any atom is 0.194 e. The monoisotopic (exact) mass is 509 g/mol. The third kappa shape index (κ3) is 4.82. The molecule has 1 aliphatic heterocycles.